The van der Waals surface area contributed by atoms with Gasteiger partial charge >= 0.3 is 0 Å². The first-order valence-electron chi connectivity index (χ1n) is 12.0. The molecule has 182 valence electrons. The molecular formula is C25H43IN4O2. The number of hydrogen-bond donors (Lipinski definition) is 2. The lowest BCUT2D eigenvalue weighted by atomic mass is 9.87. The largest absolute Gasteiger partial charge is 0.492 e. The summed E-state index contributed by atoms with van der Waals surface area (Å²) in [6.07, 6.45) is 3.54. The summed E-state index contributed by atoms with van der Waals surface area (Å²) in [6.45, 7) is 16.2. The number of aliphatic imine (C=N–C) groups is 1. The molecule has 0 saturated carbocycles. The van der Waals surface area contributed by atoms with Crippen LogP contribution in [0, 0.1) is 5.92 Å². The Labute approximate surface area is 211 Å². The molecule has 1 aromatic carbocycles. The lowest BCUT2D eigenvalue weighted by molar-refractivity contribution is 0.150. The smallest absolute Gasteiger partial charge is 0.191 e. The molecule has 6 nitrogen and oxygen atoms in total. The fraction of sp³-hybridized carbons (Fsp3) is 0.720. The number of guanidine groups is 1. The molecule has 0 aliphatic carbocycles. The van der Waals surface area contributed by atoms with E-state index in [1.807, 2.05) is 6.07 Å². The Hall–Kier alpha value is -1.06. The van der Waals surface area contributed by atoms with Gasteiger partial charge in [0.05, 0.1) is 13.2 Å². The second-order valence-corrected chi connectivity index (χ2v) is 9.84. The van der Waals surface area contributed by atoms with E-state index in [1.165, 1.54) is 18.5 Å². The Kier molecular flexibility index (Phi) is 11.6. The van der Waals surface area contributed by atoms with Crippen LogP contribution in [0.3, 0.4) is 0 Å². The Morgan fingerprint density at radius 2 is 2.00 bits per heavy atom. The Balaban J connectivity index is 0.00000363. The fourth-order valence-electron chi connectivity index (χ4n) is 4.24. The molecule has 2 fully saturated rings. The Bertz CT molecular complexity index is 693. The van der Waals surface area contributed by atoms with Crippen molar-refractivity contribution in [2.75, 3.05) is 52.5 Å². The number of rotatable bonds is 8. The van der Waals surface area contributed by atoms with Gasteiger partial charge in [0.15, 0.2) is 5.96 Å². The molecule has 1 aromatic rings. The van der Waals surface area contributed by atoms with Crippen molar-refractivity contribution < 1.29 is 9.47 Å². The molecule has 0 radical (unpaired) electrons. The molecular weight excluding hydrogens is 515 g/mol. The summed E-state index contributed by atoms with van der Waals surface area (Å²) < 4.78 is 11.5. The minimum atomic E-state index is 0. The molecule has 0 aromatic heterocycles. The predicted octanol–water partition coefficient (Wildman–Crippen LogP) is 4.04. The normalized spacial score (nSPS) is 20.6. The Morgan fingerprint density at radius 3 is 2.66 bits per heavy atom. The number of nitrogens with one attached hydrogen (secondary N) is 2. The van der Waals surface area contributed by atoms with Crippen LogP contribution in [0.1, 0.15) is 52.5 Å². The van der Waals surface area contributed by atoms with Gasteiger partial charge in [-0.05, 0) is 55.2 Å². The second kappa shape index (κ2) is 13.6. The maximum Gasteiger partial charge on any atom is 0.191 e. The van der Waals surface area contributed by atoms with Gasteiger partial charge < -0.3 is 25.0 Å². The van der Waals surface area contributed by atoms with Crippen LogP contribution in [0.2, 0.25) is 0 Å². The van der Waals surface area contributed by atoms with Crippen LogP contribution in [0.15, 0.2) is 29.3 Å². The molecule has 0 bridgehead atoms. The number of hydrogen-bond acceptors (Lipinski definition) is 4. The molecule has 2 aliphatic heterocycles. The highest BCUT2D eigenvalue weighted by molar-refractivity contribution is 14.0. The zero-order valence-corrected chi connectivity index (χ0v) is 22.7. The molecule has 32 heavy (non-hydrogen) atoms. The third-order valence-corrected chi connectivity index (χ3v) is 6.14. The maximum atomic E-state index is 5.96. The van der Waals surface area contributed by atoms with Crippen LogP contribution < -0.4 is 15.4 Å². The second-order valence-electron chi connectivity index (χ2n) is 9.84. The third-order valence-electron chi connectivity index (χ3n) is 6.14. The van der Waals surface area contributed by atoms with E-state index in [-0.39, 0.29) is 29.4 Å². The van der Waals surface area contributed by atoms with E-state index in [2.05, 4.69) is 61.4 Å². The molecule has 7 heteroatoms. The maximum absolute atomic E-state index is 5.96. The van der Waals surface area contributed by atoms with E-state index < -0.39 is 0 Å². The molecule has 3 rings (SSSR count). The van der Waals surface area contributed by atoms with E-state index in [0.29, 0.717) is 19.2 Å². The first-order chi connectivity index (χ1) is 14.9. The first kappa shape index (κ1) is 27.2. The highest BCUT2D eigenvalue weighted by Gasteiger charge is 2.24. The number of benzene rings is 1. The summed E-state index contributed by atoms with van der Waals surface area (Å²) in [4.78, 5) is 7.33. The monoisotopic (exact) mass is 558 g/mol. The molecule has 2 aliphatic rings. The van der Waals surface area contributed by atoms with E-state index in [0.717, 1.165) is 63.3 Å². The Morgan fingerprint density at radius 1 is 1.22 bits per heavy atom. The summed E-state index contributed by atoms with van der Waals surface area (Å²) in [7, 11) is 0. The van der Waals surface area contributed by atoms with E-state index >= 15 is 0 Å². The van der Waals surface area contributed by atoms with Crippen molar-refractivity contribution in [2.24, 2.45) is 10.9 Å². The van der Waals surface area contributed by atoms with Crippen molar-refractivity contribution in [3.8, 4) is 5.75 Å². The van der Waals surface area contributed by atoms with Gasteiger partial charge in [0.25, 0.3) is 0 Å². The fourth-order valence-corrected chi connectivity index (χ4v) is 4.24. The summed E-state index contributed by atoms with van der Waals surface area (Å²) in [5.41, 5.74) is 1.41. The molecule has 2 heterocycles. The summed E-state index contributed by atoms with van der Waals surface area (Å²) >= 11 is 0. The van der Waals surface area contributed by atoms with Gasteiger partial charge in [0, 0.05) is 38.8 Å². The predicted molar refractivity (Wildman–Crippen MR) is 144 cm³/mol. The van der Waals surface area contributed by atoms with Gasteiger partial charge in [-0.2, -0.15) is 0 Å². The SMILES string of the molecule is CCNC(=NCCOc1cccc(C(C)(C)C)c1)NC1CCN(CC2CCOC2)CC1.I. The summed E-state index contributed by atoms with van der Waals surface area (Å²) in [6, 6.07) is 8.87. The van der Waals surface area contributed by atoms with Crippen molar-refractivity contribution in [1.29, 1.82) is 0 Å². The van der Waals surface area contributed by atoms with Crippen LogP contribution in [-0.2, 0) is 10.2 Å². The van der Waals surface area contributed by atoms with Gasteiger partial charge in [-0.15, -0.1) is 24.0 Å². The lowest BCUT2D eigenvalue weighted by Gasteiger charge is -2.34. The number of nitrogens with zero attached hydrogens (tertiary/aromatic N) is 2. The number of halogens is 1. The molecule has 2 N–H and O–H groups in total. The van der Waals surface area contributed by atoms with Crippen LogP contribution >= 0.6 is 24.0 Å². The summed E-state index contributed by atoms with van der Waals surface area (Å²) in [5, 5.41) is 7.01. The van der Waals surface area contributed by atoms with Gasteiger partial charge in [0.2, 0.25) is 0 Å². The van der Waals surface area contributed by atoms with Crippen LogP contribution in [0.25, 0.3) is 0 Å². The third kappa shape index (κ3) is 9.06. The van der Waals surface area contributed by atoms with E-state index in [9.17, 15) is 0 Å². The quantitative estimate of drug-likeness (QED) is 0.219. The standard InChI is InChI=1S/C25H42N4O2.HI/c1-5-26-24(27-12-16-31-23-8-6-7-21(17-23)25(2,3)4)28-22-9-13-29(14-10-22)18-20-11-15-30-19-20;/h6-8,17,20,22H,5,9-16,18-19H2,1-4H3,(H2,26,27,28);1H. The number of piperidine rings is 1. The van der Waals surface area contributed by atoms with Gasteiger partial charge in [-0.3, -0.25) is 0 Å². The highest BCUT2D eigenvalue weighted by atomic mass is 127. The molecule has 0 spiro atoms. The van der Waals surface area contributed by atoms with Gasteiger partial charge in [-0.1, -0.05) is 32.9 Å². The van der Waals surface area contributed by atoms with Crippen molar-refractivity contribution in [2.45, 2.75) is 58.4 Å². The minimum absolute atomic E-state index is 0. The van der Waals surface area contributed by atoms with Crippen molar-refractivity contribution in [3.05, 3.63) is 29.8 Å². The van der Waals surface area contributed by atoms with Crippen molar-refractivity contribution >= 4 is 29.9 Å². The van der Waals surface area contributed by atoms with Crippen molar-refractivity contribution in [1.82, 2.24) is 15.5 Å². The summed E-state index contributed by atoms with van der Waals surface area (Å²) in [5.74, 6) is 2.55. The van der Waals surface area contributed by atoms with Crippen molar-refractivity contribution in [3.63, 3.8) is 0 Å². The van der Waals surface area contributed by atoms with E-state index in [1.54, 1.807) is 0 Å². The lowest BCUT2D eigenvalue weighted by Crippen LogP contribution is -2.49. The highest BCUT2D eigenvalue weighted by Crippen LogP contribution is 2.25. The molecule has 0 amide bonds. The van der Waals surface area contributed by atoms with Gasteiger partial charge in [-0.25, -0.2) is 4.99 Å². The number of likely N-dealkylation sites (tertiary alicyclic amines) is 1. The van der Waals surface area contributed by atoms with Crippen LogP contribution in [0.5, 0.6) is 5.75 Å². The topological polar surface area (TPSA) is 58.1 Å². The zero-order chi connectivity index (χ0) is 22.1. The molecule has 2 saturated heterocycles. The van der Waals surface area contributed by atoms with E-state index in [4.69, 9.17) is 14.5 Å². The minimum Gasteiger partial charge on any atom is -0.492 e. The molecule has 1 unspecified atom stereocenters. The van der Waals surface area contributed by atoms with Crippen LogP contribution in [0.4, 0.5) is 0 Å². The first-order valence-corrected chi connectivity index (χ1v) is 12.0. The van der Waals surface area contributed by atoms with Crippen LogP contribution in [-0.4, -0.2) is 69.4 Å². The van der Waals surface area contributed by atoms with Gasteiger partial charge in [0.1, 0.15) is 12.4 Å². The number of ether oxygens (including phenoxy) is 2. The average Bonchev–Trinajstić information content (AvgIpc) is 3.25. The average molecular weight is 559 g/mol. The molecule has 1 atom stereocenters. The zero-order valence-electron chi connectivity index (χ0n) is 20.4.